The number of carbonyl (C=O) groups is 1. The van der Waals surface area contributed by atoms with Gasteiger partial charge in [0.1, 0.15) is 4.88 Å². The maximum Gasteiger partial charge on any atom is 0.262 e. The van der Waals surface area contributed by atoms with Gasteiger partial charge >= 0.3 is 0 Å². The molecule has 104 valence electrons. The van der Waals surface area contributed by atoms with Crippen LogP contribution in [0.2, 0.25) is 0 Å². The Morgan fingerprint density at radius 1 is 1.53 bits per heavy atom. The van der Waals surface area contributed by atoms with Gasteiger partial charge in [-0.25, -0.2) is 0 Å². The van der Waals surface area contributed by atoms with E-state index in [9.17, 15) is 4.79 Å². The lowest BCUT2D eigenvalue weighted by Crippen LogP contribution is -2.33. The van der Waals surface area contributed by atoms with E-state index in [0.29, 0.717) is 17.3 Å². The minimum atomic E-state index is -0.0351. The Kier molecular flexibility index (Phi) is 6.61. The van der Waals surface area contributed by atoms with Gasteiger partial charge in [-0.3, -0.25) is 4.79 Å². The lowest BCUT2D eigenvalue weighted by molar-refractivity contribution is 0.0939. The van der Waals surface area contributed by atoms with Crippen LogP contribution in [-0.2, 0) is 0 Å². The number of nitrogens with one attached hydrogen (secondary N) is 1. The molecule has 0 saturated heterocycles. The minimum absolute atomic E-state index is 0.0351. The molecule has 1 heterocycles. The zero-order valence-corrected chi connectivity index (χ0v) is 12.6. The standard InChI is InChI=1S/C15H22N2OS/c1-4-11(2)10-12(3)17-15(18)14-13(6-5-8-16)7-9-19-14/h7,9,11-12H,4,8,10,16H2,1-3H3,(H,17,18). The molecular formula is C15H22N2OS. The van der Waals surface area contributed by atoms with Crippen LogP contribution in [-0.4, -0.2) is 18.5 Å². The van der Waals surface area contributed by atoms with Crippen LogP contribution in [0.25, 0.3) is 0 Å². The van der Waals surface area contributed by atoms with Crippen LogP contribution in [0.5, 0.6) is 0 Å². The molecule has 0 spiro atoms. The van der Waals surface area contributed by atoms with E-state index in [0.717, 1.165) is 18.4 Å². The molecule has 0 aliphatic carbocycles. The highest BCUT2D eigenvalue weighted by Crippen LogP contribution is 2.17. The highest BCUT2D eigenvalue weighted by atomic mass is 32.1. The van der Waals surface area contributed by atoms with Gasteiger partial charge in [-0.05, 0) is 30.7 Å². The van der Waals surface area contributed by atoms with Crippen LogP contribution in [0.15, 0.2) is 11.4 Å². The summed E-state index contributed by atoms with van der Waals surface area (Å²) in [6.45, 7) is 6.72. The zero-order chi connectivity index (χ0) is 14.3. The molecule has 0 fully saturated rings. The van der Waals surface area contributed by atoms with Crippen molar-refractivity contribution in [1.29, 1.82) is 0 Å². The molecule has 1 aromatic rings. The van der Waals surface area contributed by atoms with Gasteiger partial charge in [0.2, 0.25) is 0 Å². The van der Waals surface area contributed by atoms with Crippen molar-refractivity contribution < 1.29 is 4.79 Å². The van der Waals surface area contributed by atoms with Crippen LogP contribution in [0.3, 0.4) is 0 Å². The van der Waals surface area contributed by atoms with Crippen molar-refractivity contribution in [3.8, 4) is 11.8 Å². The Hall–Kier alpha value is -1.31. The highest BCUT2D eigenvalue weighted by molar-refractivity contribution is 7.12. The third-order valence-electron chi connectivity index (χ3n) is 3.03. The Morgan fingerprint density at radius 3 is 2.89 bits per heavy atom. The van der Waals surface area contributed by atoms with Gasteiger partial charge < -0.3 is 11.1 Å². The summed E-state index contributed by atoms with van der Waals surface area (Å²) >= 11 is 1.42. The molecule has 3 nitrogen and oxygen atoms in total. The van der Waals surface area contributed by atoms with Crippen LogP contribution in [0.4, 0.5) is 0 Å². The van der Waals surface area contributed by atoms with Gasteiger partial charge in [0.15, 0.2) is 0 Å². The summed E-state index contributed by atoms with van der Waals surface area (Å²) in [5, 5.41) is 4.92. The van der Waals surface area contributed by atoms with Crippen LogP contribution in [0.1, 0.15) is 48.8 Å². The molecule has 2 unspecified atom stereocenters. The fourth-order valence-electron chi connectivity index (χ4n) is 1.85. The van der Waals surface area contributed by atoms with E-state index in [1.807, 2.05) is 18.4 Å². The van der Waals surface area contributed by atoms with Crippen molar-refractivity contribution in [2.24, 2.45) is 11.7 Å². The first-order valence-corrected chi connectivity index (χ1v) is 7.53. The fourth-order valence-corrected chi connectivity index (χ4v) is 2.60. The summed E-state index contributed by atoms with van der Waals surface area (Å²) in [4.78, 5) is 12.8. The SMILES string of the molecule is CCC(C)CC(C)NC(=O)c1sccc1C#CCN. The molecule has 1 amide bonds. The minimum Gasteiger partial charge on any atom is -0.349 e. The quantitative estimate of drug-likeness (QED) is 0.813. The number of nitrogens with two attached hydrogens (primary N) is 1. The molecule has 3 N–H and O–H groups in total. The van der Waals surface area contributed by atoms with E-state index >= 15 is 0 Å². The van der Waals surface area contributed by atoms with E-state index in [2.05, 4.69) is 31.0 Å². The molecule has 0 saturated carbocycles. The second-order valence-corrected chi connectivity index (χ2v) is 5.71. The number of hydrogen-bond donors (Lipinski definition) is 2. The molecule has 0 aliphatic rings. The molecule has 1 aromatic heterocycles. The van der Waals surface area contributed by atoms with Crippen LogP contribution >= 0.6 is 11.3 Å². The molecule has 19 heavy (non-hydrogen) atoms. The monoisotopic (exact) mass is 278 g/mol. The van der Waals surface area contributed by atoms with E-state index in [1.54, 1.807) is 0 Å². The number of thiophene rings is 1. The summed E-state index contributed by atoms with van der Waals surface area (Å²) in [5.41, 5.74) is 6.12. The average molecular weight is 278 g/mol. The molecule has 0 bridgehead atoms. The highest BCUT2D eigenvalue weighted by Gasteiger charge is 2.15. The van der Waals surface area contributed by atoms with Crippen molar-refractivity contribution >= 4 is 17.2 Å². The topological polar surface area (TPSA) is 55.1 Å². The lowest BCUT2D eigenvalue weighted by atomic mass is 10.0. The zero-order valence-electron chi connectivity index (χ0n) is 11.8. The van der Waals surface area contributed by atoms with Crippen LogP contribution in [0, 0.1) is 17.8 Å². The molecule has 2 atom stereocenters. The first kappa shape index (κ1) is 15.7. The Morgan fingerprint density at radius 2 is 2.26 bits per heavy atom. The summed E-state index contributed by atoms with van der Waals surface area (Å²) in [6, 6.07) is 2.04. The predicted octanol–water partition coefficient (Wildman–Crippen LogP) is 2.61. The largest absolute Gasteiger partial charge is 0.349 e. The van der Waals surface area contributed by atoms with Gasteiger partial charge in [0, 0.05) is 11.6 Å². The second kappa shape index (κ2) is 7.98. The lowest BCUT2D eigenvalue weighted by Gasteiger charge is -2.17. The van der Waals surface area contributed by atoms with Crippen LogP contribution < -0.4 is 11.1 Å². The Balaban J connectivity index is 2.65. The second-order valence-electron chi connectivity index (χ2n) is 4.79. The van der Waals surface area contributed by atoms with Gasteiger partial charge in [0.25, 0.3) is 5.91 Å². The fraction of sp³-hybridized carbons (Fsp3) is 0.533. The summed E-state index contributed by atoms with van der Waals surface area (Å²) in [7, 11) is 0. The summed E-state index contributed by atoms with van der Waals surface area (Å²) in [5.74, 6) is 6.30. The predicted molar refractivity (Wildman–Crippen MR) is 81.3 cm³/mol. The average Bonchev–Trinajstić information content (AvgIpc) is 2.84. The van der Waals surface area contributed by atoms with Crippen molar-refractivity contribution in [1.82, 2.24) is 5.32 Å². The molecule has 4 heteroatoms. The van der Waals surface area contributed by atoms with Gasteiger partial charge in [-0.15, -0.1) is 11.3 Å². The Labute approximate surface area is 119 Å². The van der Waals surface area contributed by atoms with Gasteiger partial charge in [0.05, 0.1) is 6.54 Å². The number of hydrogen-bond acceptors (Lipinski definition) is 3. The van der Waals surface area contributed by atoms with Crippen molar-refractivity contribution in [2.75, 3.05) is 6.54 Å². The number of amides is 1. The molecule has 0 radical (unpaired) electrons. The summed E-state index contributed by atoms with van der Waals surface area (Å²) < 4.78 is 0. The van der Waals surface area contributed by atoms with Gasteiger partial charge in [-0.2, -0.15) is 0 Å². The maximum absolute atomic E-state index is 12.2. The first-order chi connectivity index (χ1) is 9.08. The Bertz CT molecular complexity index is 470. The van der Waals surface area contributed by atoms with E-state index in [1.165, 1.54) is 11.3 Å². The summed E-state index contributed by atoms with van der Waals surface area (Å²) in [6.07, 6.45) is 2.13. The smallest absolute Gasteiger partial charge is 0.262 e. The number of carbonyl (C=O) groups excluding carboxylic acids is 1. The maximum atomic E-state index is 12.2. The number of rotatable bonds is 5. The molecule has 0 aromatic carbocycles. The van der Waals surface area contributed by atoms with E-state index in [-0.39, 0.29) is 11.9 Å². The molecule has 1 rings (SSSR count). The molecule has 0 aliphatic heterocycles. The third-order valence-corrected chi connectivity index (χ3v) is 3.94. The van der Waals surface area contributed by atoms with E-state index in [4.69, 9.17) is 5.73 Å². The first-order valence-electron chi connectivity index (χ1n) is 6.65. The van der Waals surface area contributed by atoms with Gasteiger partial charge in [-0.1, -0.05) is 32.1 Å². The van der Waals surface area contributed by atoms with Crippen molar-refractivity contribution in [3.63, 3.8) is 0 Å². The van der Waals surface area contributed by atoms with Crippen molar-refractivity contribution in [3.05, 3.63) is 21.9 Å². The molecular weight excluding hydrogens is 256 g/mol. The van der Waals surface area contributed by atoms with Crippen molar-refractivity contribution in [2.45, 2.75) is 39.7 Å². The van der Waals surface area contributed by atoms with E-state index < -0.39 is 0 Å². The normalized spacial score (nSPS) is 13.3. The third kappa shape index (κ3) is 5.06.